The second-order valence-electron chi connectivity index (χ2n) is 5.36. The smallest absolute Gasteiger partial charge is 0.222 e. The van der Waals surface area contributed by atoms with E-state index >= 15 is 0 Å². The van der Waals surface area contributed by atoms with Crippen LogP contribution in [0.15, 0.2) is 41.8 Å². The highest BCUT2D eigenvalue weighted by Gasteiger charge is 2.17. The quantitative estimate of drug-likeness (QED) is 0.755. The molecule has 2 rings (SSSR count). The zero-order valence-electron chi connectivity index (χ0n) is 13.7. The number of hydrogen-bond donors (Lipinski definition) is 2. The largest absolute Gasteiger partial charge is 0.344 e. The number of carbonyl (C=O) groups excluding carboxylic acids is 1. The zero-order valence-corrected chi connectivity index (χ0v) is 15.3. The SMILES string of the molecule is CCCc1ccc(C(NC(=O)CCNC)c2cccs2)cc1.Cl. The molecule has 2 aromatic rings. The second kappa shape index (κ2) is 10.4. The molecule has 0 aliphatic heterocycles. The molecular weight excluding hydrogens is 328 g/mol. The number of benzene rings is 1. The molecule has 0 aliphatic rings. The third-order valence-electron chi connectivity index (χ3n) is 3.59. The monoisotopic (exact) mass is 352 g/mol. The van der Waals surface area contributed by atoms with Gasteiger partial charge in [-0.1, -0.05) is 43.7 Å². The maximum absolute atomic E-state index is 12.1. The van der Waals surface area contributed by atoms with E-state index in [0.29, 0.717) is 13.0 Å². The third-order valence-corrected chi connectivity index (χ3v) is 4.52. The van der Waals surface area contributed by atoms with Gasteiger partial charge in [0.1, 0.15) is 0 Å². The van der Waals surface area contributed by atoms with Crippen molar-refractivity contribution in [1.82, 2.24) is 10.6 Å². The molecule has 23 heavy (non-hydrogen) atoms. The van der Waals surface area contributed by atoms with Gasteiger partial charge in [-0.3, -0.25) is 4.79 Å². The minimum atomic E-state index is -0.0555. The Bertz CT molecular complexity index is 569. The molecule has 1 heterocycles. The highest BCUT2D eigenvalue weighted by molar-refractivity contribution is 7.10. The van der Waals surface area contributed by atoms with Crippen LogP contribution >= 0.6 is 23.7 Å². The molecular formula is C18H25ClN2OS. The fourth-order valence-electron chi connectivity index (χ4n) is 2.41. The predicted molar refractivity (Wildman–Crippen MR) is 101 cm³/mol. The van der Waals surface area contributed by atoms with E-state index in [-0.39, 0.29) is 24.4 Å². The number of nitrogens with one attached hydrogen (secondary N) is 2. The summed E-state index contributed by atoms with van der Waals surface area (Å²) in [4.78, 5) is 13.3. The van der Waals surface area contributed by atoms with Crippen LogP contribution in [-0.2, 0) is 11.2 Å². The van der Waals surface area contributed by atoms with Crippen LogP contribution in [0.5, 0.6) is 0 Å². The van der Waals surface area contributed by atoms with Gasteiger partial charge >= 0.3 is 0 Å². The van der Waals surface area contributed by atoms with Crippen molar-refractivity contribution < 1.29 is 4.79 Å². The molecule has 1 amide bonds. The molecule has 126 valence electrons. The Hall–Kier alpha value is -1.36. The maximum atomic E-state index is 12.1. The molecule has 1 unspecified atom stereocenters. The summed E-state index contributed by atoms with van der Waals surface area (Å²) >= 11 is 1.68. The van der Waals surface area contributed by atoms with Gasteiger partial charge < -0.3 is 10.6 Å². The molecule has 2 N–H and O–H groups in total. The fourth-order valence-corrected chi connectivity index (χ4v) is 3.21. The van der Waals surface area contributed by atoms with Crippen molar-refractivity contribution in [3.05, 3.63) is 57.8 Å². The Morgan fingerprint density at radius 3 is 2.52 bits per heavy atom. The standard InChI is InChI=1S/C18H24N2OS.ClH/c1-3-5-14-7-9-15(10-8-14)18(16-6-4-13-22-16)20-17(21)11-12-19-2;/h4,6-10,13,18-19H,3,5,11-12H2,1-2H3,(H,20,21);1H. The number of halogens is 1. The summed E-state index contributed by atoms with van der Waals surface area (Å²) in [5, 5.41) is 8.21. The molecule has 0 aliphatic carbocycles. The number of amides is 1. The summed E-state index contributed by atoms with van der Waals surface area (Å²) in [6, 6.07) is 12.6. The van der Waals surface area contributed by atoms with Crippen LogP contribution in [0.2, 0.25) is 0 Å². The minimum Gasteiger partial charge on any atom is -0.344 e. The van der Waals surface area contributed by atoms with Gasteiger partial charge in [0.2, 0.25) is 5.91 Å². The number of hydrogen-bond acceptors (Lipinski definition) is 3. The van der Waals surface area contributed by atoms with Crippen LogP contribution in [0.1, 0.15) is 41.8 Å². The second-order valence-corrected chi connectivity index (χ2v) is 6.34. The molecule has 0 saturated carbocycles. The van der Waals surface area contributed by atoms with E-state index in [1.807, 2.05) is 18.5 Å². The van der Waals surface area contributed by atoms with Gasteiger partial charge in [0, 0.05) is 17.8 Å². The van der Waals surface area contributed by atoms with Crippen LogP contribution in [0.3, 0.4) is 0 Å². The molecule has 0 saturated heterocycles. The highest BCUT2D eigenvalue weighted by atomic mass is 35.5. The first kappa shape index (κ1) is 19.7. The lowest BCUT2D eigenvalue weighted by atomic mass is 10.0. The van der Waals surface area contributed by atoms with Crippen molar-refractivity contribution in [3.8, 4) is 0 Å². The Morgan fingerprint density at radius 1 is 1.22 bits per heavy atom. The van der Waals surface area contributed by atoms with Gasteiger partial charge in [0.05, 0.1) is 6.04 Å². The number of rotatable bonds is 8. The molecule has 0 spiro atoms. The summed E-state index contributed by atoms with van der Waals surface area (Å²) in [6.45, 7) is 2.88. The van der Waals surface area contributed by atoms with E-state index in [9.17, 15) is 4.79 Å². The van der Waals surface area contributed by atoms with Gasteiger partial charge in [0.15, 0.2) is 0 Å². The highest BCUT2D eigenvalue weighted by Crippen LogP contribution is 2.26. The van der Waals surface area contributed by atoms with Crippen molar-refractivity contribution in [2.75, 3.05) is 13.6 Å². The van der Waals surface area contributed by atoms with Crippen LogP contribution < -0.4 is 10.6 Å². The number of carbonyl (C=O) groups is 1. The van der Waals surface area contributed by atoms with E-state index in [1.54, 1.807) is 11.3 Å². The van der Waals surface area contributed by atoms with Crippen LogP contribution in [0, 0.1) is 0 Å². The van der Waals surface area contributed by atoms with Crippen molar-refractivity contribution in [1.29, 1.82) is 0 Å². The first-order valence-electron chi connectivity index (χ1n) is 7.80. The summed E-state index contributed by atoms with van der Waals surface area (Å²) < 4.78 is 0. The number of thiophene rings is 1. The van der Waals surface area contributed by atoms with Crippen LogP contribution in [0.25, 0.3) is 0 Å². The average molecular weight is 353 g/mol. The third kappa shape index (κ3) is 5.98. The normalized spacial score (nSPS) is 11.6. The topological polar surface area (TPSA) is 41.1 Å². The fraction of sp³-hybridized carbons (Fsp3) is 0.389. The van der Waals surface area contributed by atoms with E-state index in [1.165, 1.54) is 10.4 Å². The summed E-state index contributed by atoms with van der Waals surface area (Å²) in [7, 11) is 1.86. The lowest BCUT2D eigenvalue weighted by Crippen LogP contribution is -2.30. The molecule has 3 nitrogen and oxygen atoms in total. The van der Waals surface area contributed by atoms with E-state index in [2.05, 4.69) is 47.9 Å². The molecule has 0 bridgehead atoms. The van der Waals surface area contributed by atoms with Crippen molar-refractivity contribution in [3.63, 3.8) is 0 Å². The van der Waals surface area contributed by atoms with E-state index in [0.717, 1.165) is 18.4 Å². The summed E-state index contributed by atoms with van der Waals surface area (Å²) in [5.41, 5.74) is 2.48. The van der Waals surface area contributed by atoms with Gasteiger partial charge in [-0.05, 0) is 36.0 Å². The predicted octanol–water partition coefficient (Wildman–Crippen LogP) is 3.94. The molecule has 1 aromatic carbocycles. The van der Waals surface area contributed by atoms with Crippen LogP contribution in [0.4, 0.5) is 0 Å². The van der Waals surface area contributed by atoms with Crippen molar-refractivity contribution >= 4 is 29.7 Å². The molecule has 5 heteroatoms. The maximum Gasteiger partial charge on any atom is 0.222 e. The van der Waals surface area contributed by atoms with E-state index in [4.69, 9.17) is 0 Å². The molecule has 1 aromatic heterocycles. The van der Waals surface area contributed by atoms with Crippen molar-refractivity contribution in [2.24, 2.45) is 0 Å². The van der Waals surface area contributed by atoms with Gasteiger partial charge in [-0.25, -0.2) is 0 Å². The van der Waals surface area contributed by atoms with Gasteiger partial charge in [-0.2, -0.15) is 0 Å². The first-order valence-corrected chi connectivity index (χ1v) is 8.68. The lowest BCUT2D eigenvalue weighted by Gasteiger charge is -2.18. The molecule has 0 radical (unpaired) electrons. The Morgan fingerprint density at radius 2 is 1.96 bits per heavy atom. The Labute approximate surface area is 148 Å². The Kier molecular flexibility index (Phi) is 8.92. The number of aryl methyl sites for hydroxylation is 1. The van der Waals surface area contributed by atoms with Gasteiger partial charge in [-0.15, -0.1) is 23.7 Å². The van der Waals surface area contributed by atoms with E-state index < -0.39 is 0 Å². The minimum absolute atomic E-state index is 0. The molecule has 1 atom stereocenters. The first-order chi connectivity index (χ1) is 10.7. The lowest BCUT2D eigenvalue weighted by molar-refractivity contribution is -0.121. The summed E-state index contributed by atoms with van der Waals surface area (Å²) in [5.74, 6) is 0.0744. The summed E-state index contributed by atoms with van der Waals surface area (Å²) in [6.07, 6.45) is 2.74. The average Bonchev–Trinajstić information content (AvgIpc) is 3.06. The molecule has 0 fully saturated rings. The zero-order chi connectivity index (χ0) is 15.8. The van der Waals surface area contributed by atoms with Crippen molar-refractivity contribution in [2.45, 2.75) is 32.2 Å². The Balaban J connectivity index is 0.00000264. The van der Waals surface area contributed by atoms with Gasteiger partial charge in [0.25, 0.3) is 0 Å². The van der Waals surface area contributed by atoms with Crippen LogP contribution in [-0.4, -0.2) is 19.5 Å².